The van der Waals surface area contributed by atoms with Gasteiger partial charge in [-0.05, 0) is 51.1 Å². The molecule has 100 valence electrons. The number of hydrogen-bond donors (Lipinski definition) is 3. The van der Waals surface area contributed by atoms with Crippen molar-refractivity contribution in [1.29, 1.82) is 0 Å². The van der Waals surface area contributed by atoms with Crippen LogP contribution in [0.3, 0.4) is 0 Å². The van der Waals surface area contributed by atoms with Gasteiger partial charge in [0.2, 0.25) is 0 Å². The molecule has 4 heteroatoms. The van der Waals surface area contributed by atoms with Gasteiger partial charge in [-0.3, -0.25) is 0 Å². The van der Waals surface area contributed by atoms with E-state index in [-0.39, 0.29) is 6.61 Å². The van der Waals surface area contributed by atoms with E-state index in [0.29, 0.717) is 12.6 Å². The van der Waals surface area contributed by atoms with Gasteiger partial charge in [0.1, 0.15) is 5.75 Å². The number of anilines is 1. The maximum Gasteiger partial charge on any atom is 0.124 e. The minimum Gasteiger partial charge on any atom is -0.494 e. The first-order valence-electron chi connectivity index (χ1n) is 6.67. The molecule has 1 saturated heterocycles. The lowest BCUT2D eigenvalue weighted by Crippen LogP contribution is -2.35. The number of piperidine rings is 1. The van der Waals surface area contributed by atoms with Gasteiger partial charge in [0.15, 0.2) is 0 Å². The molecule has 0 aliphatic carbocycles. The van der Waals surface area contributed by atoms with Crippen molar-refractivity contribution in [3.8, 4) is 5.75 Å². The van der Waals surface area contributed by atoms with Gasteiger partial charge in [0.25, 0.3) is 0 Å². The molecule has 3 N–H and O–H groups in total. The molecule has 1 heterocycles. The third kappa shape index (κ3) is 3.37. The van der Waals surface area contributed by atoms with E-state index in [1.807, 2.05) is 25.1 Å². The standard InChI is InChI=1S/C14H22N2O2/c1-2-18-14-4-3-13(9-11(14)10-17)16-12-5-7-15-8-6-12/h3-4,9,12,15-17H,2,5-8,10H2,1H3. The third-order valence-electron chi connectivity index (χ3n) is 3.24. The van der Waals surface area contributed by atoms with E-state index in [0.717, 1.165) is 42.9 Å². The zero-order valence-corrected chi connectivity index (χ0v) is 10.9. The second-order valence-electron chi connectivity index (χ2n) is 4.58. The van der Waals surface area contributed by atoms with Crippen molar-refractivity contribution in [3.63, 3.8) is 0 Å². The summed E-state index contributed by atoms with van der Waals surface area (Å²) in [5.74, 6) is 0.774. The summed E-state index contributed by atoms with van der Waals surface area (Å²) in [4.78, 5) is 0. The largest absolute Gasteiger partial charge is 0.494 e. The van der Waals surface area contributed by atoms with Crippen LogP contribution < -0.4 is 15.4 Å². The fourth-order valence-corrected chi connectivity index (χ4v) is 2.29. The highest BCUT2D eigenvalue weighted by atomic mass is 16.5. The Bertz CT molecular complexity index is 376. The molecule has 0 aromatic heterocycles. The van der Waals surface area contributed by atoms with E-state index in [1.165, 1.54) is 0 Å². The highest BCUT2D eigenvalue weighted by molar-refractivity contribution is 5.51. The molecule has 0 unspecified atom stereocenters. The highest BCUT2D eigenvalue weighted by Gasteiger charge is 2.13. The van der Waals surface area contributed by atoms with Gasteiger partial charge in [-0.15, -0.1) is 0 Å². The Morgan fingerprint density at radius 1 is 1.39 bits per heavy atom. The Hall–Kier alpha value is -1.26. The zero-order chi connectivity index (χ0) is 12.8. The molecule has 0 amide bonds. The van der Waals surface area contributed by atoms with Crippen LogP contribution >= 0.6 is 0 Å². The monoisotopic (exact) mass is 250 g/mol. The maximum atomic E-state index is 9.36. The molecule has 0 saturated carbocycles. The van der Waals surface area contributed by atoms with Crippen molar-refractivity contribution in [2.75, 3.05) is 25.0 Å². The van der Waals surface area contributed by atoms with Crippen molar-refractivity contribution in [3.05, 3.63) is 23.8 Å². The molecule has 2 rings (SSSR count). The first kappa shape index (κ1) is 13.2. The normalized spacial score (nSPS) is 16.6. The van der Waals surface area contributed by atoms with Crippen molar-refractivity contribution >= 4 is 5.69 Å². The summed E-state index contributed by atoms with van der Waals surface area (Å²) in [5, 5.41) is 16.2. The minimum absolute atomic E-state index is 0.0110. The summed E-state index contributed by atoms with van der Waals surface area (Å²) in [6.07, 6.45) is 2.28. The number of ether oxygens (including phenoxy) is 1. The lowest BCUT2D eigenvalue weighted by molar-refractivity contribution is 0.267. The van der Waals surface area contributed by atoms with Gasteiger partial charge in [-0.2, -0.15) is 0 Å². The average molecular weight is 250 g/mol. The smallest absolute Gasteiger partial charge is 0.124 e. The molecule has 1 aliphatic heterocycles. The Morgan fingerprint density at radius 2 is 2.17 bits per heavy atom. The predicted molar refractivity (Wildman–Crippen MR) is 73.0 cm³/mol. The van der Waals surface area contributed by atoms with E-state index in [1.54, 1.807) is 0 Å². The number of benzene rings is 1. The fraction of sp³-hybridized carbons (Fsp3) is 0.571. The third-order valence-corrected chi connectivity index (χ3v) is 3.24. The highest BCUT2D eigenvalue weighted by Crippen LogP contribution is 2.24. The summed E-state index contributed by atoms with van der Waals surface area (Å²) in [6, 6.07) is 6.45. The molecule has 1 aromatic carbocycles. The quantitative estimate of drug-likeness (QED) is 0.745. The van der Waals surface area contributed by atoms with Crippen LogP contribution in [-0.4, -0.2) is 30.8 Å². The molecule has 0 atom stereocenters. The summed E-state index contributed by atoms with van der Waals surface area (Å²) < 4.78 is 5.48. The SMILES string of the molecule is CCOc1ccc(NC2CCNCC2)cc1CO. The molecule has 0 spiro atoms. The number of aliphatic hydroxyl groups excluding tert-OH is 1. The first-order valence-corrected chi connectivity index (χ1v) is 6.67. The summed E-state index contributed by atoms with van der Waals surface area (Å²) in [5.41, 5.74) is 1.91. The minimum atomic E-state index is 0.0110. The number of nitrogens with one attached hydrogen (secondary N) is 2. The van der Waals surface area contributed by atoms with E-state index in [9.17, 15) is 5.11 Å². The number of aliphatic hydroxyl groups is 1. The van der Waals surface area contributed by atoms with Crippen LogP contribution in [0.25, 0.3) is 0 Å². The van der Waals surface area contributed by atoms with Crippen LogP contribution in [0.1, 0.15) is 25.3 Å². The van der Waals surface area contributed by atoms with Crippen LogP contribution in [0.5, 0.6) is 5.75 Å². The lowest BCUT2D eigenvalue weighted by atomic mass is 10.1. The Labute approximate surface area is 108 Å². The van der Waals surface area contributed by atoms with E-state index in [4.69, 9.17) is 4.74 Å². The van der Waals surface area contributed by atoms with Gasteiger partial charge in [0.05, 0.1) is 13.2 Å². The van der Waals surface area contributed by atoms with Gasteiger partial charge in [-0.1, -0.05) is 0 Å². The van der Waals surface area contributed by atoms with Crippen LogP contribution in [0, 0.1) is 0 Å². The molecule has 4 nitrogen and oxygen atoms in total. The van der Waals surface area contributed by atoms with Crippen molar-refractivity contribution in [1.82, 2.24) is 5.32 Å². The lowest BCUT2D eigenvalue weighted by Gasteiger charge is -2.25. The molecule has 1 fully saturated rings. The molecule has 1 aliphatic rings. The summed E-state index contributed by atoms with van der Waals surface area (Å²) in [6.45, 7) is 4.72. The molecular weight excluding hydrogens is 228 g/mol. The fourth-order valence-electron chi connectivity index (χ4n) is 2.29. The van der Waals surface area contributed by atoms with Crippen molar-refractivity contribution in [2.45, 2.75) is 32.4 Å². The number of rotatable bonds is 5. The van der Waals surface area contributed by atoms with Crippen LogP contribution in [0.4, 0.5) is 5.69 Å². The Balaban J connectivity index is 2.04. The van der Waals surface area contributed by atoms with Crippen molar-refractivity contribution < 1.29 is 9.84 Å². The first-order chi connectivity index (χ1) is 8.83. The second kappa shape index (κ2) is 6.61. The molecule has 0 bridgehead atoms. The molecule has 1 aromatic rings. The maximum absolute atomic E-state index is 9.36. The number of hydrogen-bond acceptors (Lipinski definition) is 4. The van der Waals surface area contributed by atoms with Crippen LogP contribution in [0.15, 0.2) is 18.2 Å². The van der Waals surface area contributed by atoms with Crippen molar-refractivity contribution in [2.24, 2.45) is 0 Å². The summed E-state index contributed by atoms with van der Waals surface area (Å²) >= 11 is 0. The summed E-state index contributed by atoms with van der Waals surface area (Å²) in [7, 11) is 0. The predicted octanol–water partition coefficient (Wildman–Crippen LogP) is 1.74. The van der Waals surface area contributed by atoms with Crippen LogP contribution in [0.2, 0.25) is 0 Å². The van der Waals surface area contributed by atoms with Gasteiger partial charge >= 0.3 is 0 Å². The van der Waals surface area contributed by atoms with Gasteiger partial charge in [0, 0.05) is 17.3 Å². The van der Waals surface area contributed by atoms with Gasteiger partial charge < -0.3 is 20.5 Å². The molecule has 0 radical (unpaired) electrons. The Kier molecular flexibility index (Phi) is 4.84. The molecular formula is C14H22N2O2. The average Bonchev–Trinajstić information content (AvgIpc) is 2.42. The van der Waals surface area contributed by atoms with E-state index in [2.05, 4.69) is 10.6 Å². The zero-order valence-electron chi connectivity index (χ0n) is 10.9. The van der Waals surface area contributed by atoms with E-state index < -0.39 is 0 Å². The van der Waals surface area contributed by atoms with E-state index >= 15 is 0 Å². The van der Waals surface area contributed by atoms with Gasteiger partial charge in [-0.25, -0.2) is 0 Å². The second-order valence-corrected chi connectivity index (χ2v) is 4.58. The topological polar surface area (TPSA) is 53.5 Å². The molecule has 18 heavy (non-hydrogen) atoms. The van der Waals surface area contributed by atoms with Crippen LogP contribution in [-0.2, 0) is 6.61 Å². The Morgan fingerprint density at radius 3 is 2.83 bits per heavy atom.